The zero-order valence-corrected chi connectivity index (χ0v) is 16.3. The second-order valence-corrected chi connectivity index (χ2v) is 8.03. The number of fused-ring (bicyclic) bond motifs is 1. The Morgan fingerprint density at radius 2 is 1.96 bits per heavy atom. The number of hydrogen-bond donors (Lipinski definition) is 0. The average molecular weight is 348 g/mol. The van der Waals surface area contributed by atoms with Gasteiger partial charge >= 0.3 is 11.9 Å². The largest absolute Gasteiger partial charge is 0.469 e. The molecule has 0 aliphatic heterocycles. The lowest BCUT2D eigenvalue weighted by atomic mass is 9.55. The van der Waals surface area contributed by atoms with E-state index in [0.29, 0.717) is 11.5 Å². The summed E-state index contributed by atoms with van der Waals surface area (Å²) in [6.07, 6.45) is 6.46. The molecule has 2 fully saturated rings. The third kappa shape index (κ3) is 3.99. The number of hydrogen-bond acceptors (Lipinski definition) is 4. The predicted molar refractivity (Wildman–Crippen MR) is 97.8 cm³/mol. The Balaban J connectivity index is 2.12. The summed E-state index contributed by atoms with van der Waals surface area (Å²) < 4.78 is 10.6. The molecule has 0 unspecified atom stereocenters. The van der Waals surface area contributed by atoms with E-state index in [1.807, 2.05) is 13.8 Å². The van der Waals surface area contributed by atoms with Crippen LogP contribution in [0.4, 0.5) is 0 Å². The van der Waals surface area contributed by atoms with Crippen LogP contribution in [0.5, 0.6) is 0 Å². The summed E-state index contributed by atoms with van der Waals surface area (Å²) in [5.41, 5.74) is 1.84. The van der Waals surface area contributed by atoms with Crippen molar-refractivity contribution in [3.63, 3.8) is 0 Å². The molecule has 0 saturated heterocycles. The standard InChI is InChI=1S/C21H32O4/c1-7-13(2)19(22)25-18-9-11-21(5)10-8-16(12-17(21)15(18)4)14(3)20(23)24-6/h7,14,16-18H,4,8-12H2,1-3,5-6H3/b13-7+/t14-,16-,17+,18+,21+/m1/s1. The molecule has 25 heavy (non-hydrogen) atoms. The molecule has 0 amide bonds. The molecule has 2 aliphatic carbocycles. The fourth-order valence-electron chi connectivity index (χ4n) is 4.47. The number of allylic oxidation sites excluding steroid dienone is 1. The highest BCUT2D eigenvalue weighted by atomic mass is 16.5. The highest BCUT2D eigenvalue weighted by Crippen LogP contribution is 2.55. The van der Waals surface area contributed by atoms with Gasteiger partial charge in [0.05, 0.1) is 13.0 Å². The van der Waals surface area contributed by atoms with Crippen molar-refractivity contribution >= 4 is 11.9 Å². The molecule has 140 valence electrons. The Labute approximate surface area is 151 Å². The number of carbonyl (C=O) groups is 2. The highest BCUT2D eigenvalue weighted by Gasteiger charge is 2.48. The first-order chi connectivity index (χ1) is 11.7. The summed E-state index contributed by atoms with van der Waals surface area (Å²) in [5.74, 6) is 0.0922. The molecule has 0 bridgehead atoms. The molecular formula is C21H32O4. The van der Waals surface area contributed by atoms with Crippen LogP contribution in [0.2, 0.25) is 0 Å². The summed E-state index contributed by atoms with van der Waals surface area (Å²) >= 11 is 0. The first-order valence-electron chi connectivity index (χ1n) is 9.34. The van der Waals surface area contributed by atoms with E-state index in [2.05, 4.69) is 13.5 Å². The minimum atomic E-state index is -0.257. The van der Waals surface area contributed by atoms with E-state index < -0.39 is 0 Å². The van der Waals surface area contributed by atoms with Crippen molar-refractivity contribution in [2.24, 2.45) is 23.2 Å². The molecule has 4 heteroatoms. The Hall–Kier alpha value is -1.58. The summed E-state index contributed by atoms with van der Waals surface area (Å²) in [7, 11) is 1.45. The van der Waals surface area contributed by atoms with E-state index in [1.54, 1.807) is 13.0 Å². The molecule has 2 rings (SSSR count). The maximum atomic E-state index is 12.1. The molecule has 0 aromatic rings. The maximum Gasteiger partial charge on any atom is 0.333 e. The Morgan fingerprint density at radius 1 is 1.32 bits per heavy atom. The van der Waals surface area contributed by atoms with E-state index in [4.69, 9.17) is 9.47 Å². The Morgan fingerprint density at radius 3 is 2.56 bits per heavy atom. The molecule has 2 saturated carbocycles. The molecule has 5 atom stereocenters. The minimum Gasteiger partial charge on any atom is -0.469 e. The summed E-state index contributed by atoms with van der Waals surface area (Å²) in [6, 6.07) is 0. The molecule has 0 aromatic carbocycles. The highest BCUT2D eigenvalue weighted by molar-refractivity contribution is 5.87. The van der Waals surface area contributed by atoms with Crippen LogP contribution < -0.4 is 0 Å². The van der Waals surface area contributed by atoms with E-state index in [9.17, 15) is 9.59 Å². The molecular weight excluding hydrogens is 316 g/mol. The third-order valence-corrected chi connectivity index (χ3v) is 6.59. The van der Waals surface area contributed by atoms with Crippen molar-refractivity contribution in [1.29, 1.82) is 0 Å². The van der Waals surface area contributed by atoms with Crippen molar-refractivity contribution < 1.29 is 19.1 Å². The van der Waals surface area contributed by atoms with Gasteiger partial charge in [-0.2, -0.15) is 0 Å². The van der Waals surface area contributed by atoms with E-state index >= 15 is 0 Å². The van der Waals surface area contributed by atoms with Crippen molar-refractivity contribution in [3.05, 3.63) is 23.8 Å². The van der Waals surface area contributed by atoms with Crippen molar-refractivity contribution in [1.82, 2.24) is 0 Å². The molecule has 0 spiro atoms. The Bertz CT molecular complexity index is 576. The third-order valence-electron chi connectivity index (χ3n) is 6.59. The van der Waals surface area contributed by atoms with Crippen LogP contribution in [0.25, 0.3) is 0 Å². The Kier molecular flexibility index (Phi) is 6.12. The zero-order valence-electron chi connectivity index (χ0n) is 16.3. The first kappa shape index (κ1) is 19.7. The minimum absolute atomic E-state index is 0.101. The van der Waals surface area contributed by atoms with Crippen molar-refractivity contribution in [3.8, 4) is 0 Å². The van der Waals surface area contributed by atoms with Gasteiger partial charge in [0.2, 0.25) is 0 Å². The van der Waals surface area contributed by atoms with Gasteiger partial charge in [-0.15, -0.1) is 0 Å². The summed E-state index contributed by atoms with van der Waals surface area (Å²) in [6.45, 7) is 12.2. The van der Waals surface area contributed by atoms with Gasteiger partial charge in [-0.3, -0.25) is 4.79 Å². The van der Waals surface area contributed by atoms with E-state index in [1.165, 1.54) is 7.11 Å². The molecule has 0 N–H and O–H groups in total. The molecule has 0 heterocycles. The fourth-order valence-corrected chi connectivity index (χ4v) is 4.47. The topological polar surface area (TPSA) is 52.6 Å². The molecule has 0 aromatic heterocycles. The SMILES string of the molecule is C=C1[C@@H](OC(=O)/C(C)=C/C)CC[C@]2(C)CC[C@@H]([C@@H](C)C(=O)OC)C[C@@H]12. The van der Waals surface area contributed by atoms with Crippen LogP contribution in [0.1, 0.15) is 59.8 Å². The number of esters is 2. The molecule has 0 radical (unpaired) electrons. The number of methoxy groups -OCH3 is 1. The number of rotatable bonds is 4. The monoisotopic (exact) mass is 348 g/mol. The van der Waals surface area contributed by atoms with Gasteiger partial charge in [-0.05, 0) is 68.8 Å². The van der Waals surface area contributed by atoms with Crippen LogP contribution in [0, 0.1) is 23.2 Å². The van der Waals surface area contributed by atoms with Crippen molar-refractivity contribution in [2.45, 2.75) is 65.9 Å². The summed E-state index contributed by atoms with van der Waals surface area (Å²) in [5, 5.41) is 0. The van der Waals surface area contributed by atoms with Crippen LogP contribution in [-0.2, 0) is 19.1 Å². The smallest absolute Gasteiger partial charge is 0.333 e. The van der Waals surface area contributed by atoms with Crippen LogP contribution in [0.15, 0.2) is 23.8 Å². The van der Waals surface area contributed by atoms with Gasteiger partial charge in [-0.1, -0.05) is 26.5 Å². The first-order valence-corrected chi connectivity index (χ1v) is 9.34. The van der Waals surface area contributed by atoms with Gasteiger partial charge in [0.1, 0.15) is 6.10 Å². The van der Waals surface area contributed by atoms with Crippen LogP contribution >= 0.6 is 0 Å². The molecule has 4 nitrogen and oxygen atoms in total. The van der Waals surface area contributed by atoms with Crippen LogP contribution in [0.3, 0.4) is 0 Å². The van der Waals surface area contributed by atoms with Gasteiger partial charge in [0.25, 0.3) is 0 Å². The number of ether oxygens (including phenoxy) is 2. The van der Waals surface area contributed by atoms with Gasteiger partial charge in [-0.25, -0.2) is 4.79 Å². The van der Waals surface area contributed by atoms with Crippen LogP contribution in [-0.4, -0.2) is 25.2 Å². The molecule has 2 aliphatic rings. The maximum absolute atomic E-state index is 12.1. The van der Waals surface area contributed by atoms with Gasteiger partial charge in [0.15, 0.2) is 0 Å². The average Bonchev–Trinajstić information content (AvgIpc) is 2.61. The number of carbonyl (C=O) groups excluding carboxylic acids is 2. The lowest BCUT2D eigenvalue weighted by Gasteiger charge is -2.51. The van der Waals surface area contributed by atoms with Gasteiger partial charge in [0, 0.05) is 5.57 Å². The normalized spacial score (nSPS) is 34.0. The second-order valence-electron chi connectivity index (χ2n) is 8.03. The second kappa shape index (κ2) is 7.76. The van der Waals surface area contributed by atoms with Gasteiger partial charge < -0.3 is 9.47 Å². The lowest BCUT2D eigenvalue weighted by molar-refractivity contribution is -0.148. The predicted octanol–water partition coefficient (Wildman–Crippen LogP) is 4.45. The zero-order chi connectivity index (χ0) is 18.8. The lowest BCUT2D eigenvalue weighted by Crippen LogP contribution is -2.45. The quantitative estimate of drug-likeness (QED) is 0.428. The fraction of sp³-hybridized carbons (Fsp3) is 0.714. The van der Waals surface area contributed by atoms with E-state index in [-0.39, 0.29) is 35.3 Å². The van der Waals surface area contributed by atoms with E-state index in [0.717, 1.165) is 37.7 Å². The van der Waals surface area contributed by atoms with Crippen molar-refractivity contribution in [2.75, 3.05) is 7.11 Å². The summed E-state index contributed by atoms with van der Waals surface area (Å²) in [4.78, 5) is 24.1.